The van der Waals surface area contributed by atoms with E-state index in [1.54, 1.807) is 0 Å². The van der Waals surface area contributed by atoms with Crippen molar-refractivity contribution in [3.63, 3.8) is 0 Å². The molecule has 1 aliphatic carbocycles. The Morgan fingerprint density at radius 1 is 1.12 bits per heavy atom. The van der Waals surface area contributed by atoms with Gasteiger partial charge in [0.05, 0.1) is 0 Å². The largest absolute Gasteiger partial charge is 0.300 e. The minimum atomic E-state index is 0.442. The summed E-state index contributed by atoms with van der Waals surface area (Å²) in [5, 5.41) is 0.639. The Morgan fingerprint density at radius 2 is 1.81 bits per heavy atom. The van der Waals surface area contributed by atoms with E-state index in [1.165, 1.54) is 16.0 Å². The minimum absolute atomic E-state index is 0.442. The van der Waals surface area contributed by atoms with Gasteiger partial charge in [-0.1, -0.05) is 6.07 Å². The number of carbonyl (C=O) groups excluding carboxylic acids is 1. The van der Waals surface area contributed by atoms with Crippen LogP contribution in [0, 0.1) is 13.8 Å². The maximum atomic E-state index is 11.2. The Bertz CT molecular complexity index is 388. The molecule has 1 nitrogen and oxygen atoms in total. The van der Waals surface area contributed by atoms with Crippen molar-refractivity contribution in [3.8, 4) is 0 Å². The number of rotatable bonds is 2. The van der Waals surface area contributed by atoms with Crippen molar-refractivity contribution in [2.24, 2.45) is 0 Å². The van der Waals surface area contributed by atoms with Crippen LogP contribution in [0.1, 0.15) is 36.8 Å². The summed E-state index contributed by atoms with van der Waals surface area (Å²) in [5.74, 6) is 0.442. The number of hydrogen-bond donors (Lipinski definition) is 0. The van der Waals surface area contributed by atoms with Crippen molar-refractivity contribution in [3.05, 3.63) is 29.3 Å². The lowest BCUT2D eigenvalue weighted by molar-refractivity contribution is -0.120. The van der Waals surface area contributed by atoms with Crippen molar-refractivity contribution in [1.29, 1.82) is 0 Å². The van der Waals surface area contributed by atoms with Crippen LogP contribution in [0.5, 0.6) is 0 Å². The van der Waals surface area contributed by atoms with Gasteiger partial charge < -0.3 is 0 Å². The number of carbonyl (C=O) groups is 1. The van der Waals surface area contributed by atoms with Crippen molar-refractivity contribution >= 4 is 17.5 Å². The van der Waals surface area contributed by atoms with Crippen LogP contribution in [0.25, 0.3) is 0 Å². The van der Waals surface area contributed by atoms with Crippen molar-refractivity contribution in [1.82, 2.24) is 0 Å². The zero-order valence-corrected chi connectivity index (χ0v) is 10.8. The van der Waals surface area contributed by atoms with Crippen LogP contribution in [0.2, 0.25) is 0 Å². The van der Waals surface area contributed by atoms with E-state index < -0.39 is 0 Å². The highest BCUT2D eigenvalue weighted by Gasteiger charge is 2.19. The molecule has 2 rings (SSSR count). The highest BCUT2D eigenvalue weighted by Crippen LogP contribution is 2.33. The minimum Gasteiger partial charge on any atom is -0.300 e. The maximum absolute atomic E-state index is 11.2. The molecule has 0 saturated heterocycles. The Morgan fingerprint density at radius 3 is 2.44 bits per heavy atom. The first-order chi connectivity index (χ1) is 7.65. The molecule has 1 fully saturated rings. The second-order valence-corrected chi connectivity index (χ2v) is 5.98. The van der Waals surface area contributed by atoms with Gasteiger partial charge in [-0.15, -0.1) is 11.8 Å². The van der Waals surface area contributed by atoms with Crippen LogP contribution < -0.4 is 0 Å². The first kappa shape index (κ1) is 11.7. The van der Waals surface area contributed by atoms with Crippen LogP contribution in [-0.2, 0) is 4.79 Å². The molecule has 1 aromatic carbocycles. The third-order valence-electron chi connectivity index (χ3n) is 3.27. The summed E-state index contributed by atoms with van der Waals surface area (Å²) in [5.41, 5.74) is 2.71. The molecular weight excluding hydrogens is 216 g/mol. The van der Waals surface area contributed by atoms with Crippen molar-refractivity contribution in [2.45, 2.75) is 49.7 Å². The fourth-order valence-corrected chi connectivity index (χ4v) is 3.26. The van der Waals surface area contributed by atoms with Gasteiger partial charge in [0.2, 0.25) is 0 Å². The Kier molecular flexibility index (Phi) is 3.70. The lowest BCUT2D eigenvalue weighted by Crippen LogP contribution is -2.15. The van der Waals surface area contributed by atoms with Crippen LogP contribution in [0.4, 0.5) is 0 Å². The zero-order valence-electron chi connectivity index (χ0n) is 9.95. The molecule has 0 unspecified atom stereocenters. The zero-order chi connectivity index (χ0) is 11.5. The first-order valence-electron chi connectivity index (χ1n) is 5.91. The first-order valence-corrected chi connectivity index (χ1v) is 6.79. The van der Waals surface area contributed by atoms with E-state index in [1.807, 2.05) is 11.8 Å². The molecule has 0 heterocycles. The molecule has 0 amide bonds. The number of thioether (sulfide) groups is 1. The normalized spacial score (nSPS) is 17.8. The molecule has 86 valence electrons. The van der Waals surface area contributed by atoms with E-state index in [2.05, 4.69) is 32.0 Å². The highest BCUT2D eigenvalue weighted by atomic mass is 32.2. The van der Waals surface area contributed by atoms with Gasteiger partial charge in [0.1, 0.15) is 5.78 Å². The molecule has 1 aliphatic rings. The molecule has 1 saturated carbocycles. The smallest absolute Gasteiger partial charge is 0.132 e. The van der Waals surface area contributed by atoms with Gasteiger partial charge in [-0.05, 0) is 49.9 Å². The number of ketones is 1. The van der Waals surface area contributed by atoms with E-state index in [9.17, 15) is 4.79 Å². The van der Waals surface area contributed by atoms with Crippen LogP contribution in [0.15, 0.2) is 23.1 Å². The Hall–Kier alpha value is -0.760. The van der Waals surface area contributed by atoms with Crippen LogP contribution in [-0.4, -0.2) is 11.0 Å². The van der Waals surface area contributed by atoms with Gasteiger partial charge in [-0.2, -0.15) is 0 Å². The molecule has 1 aromatic rings. The summed E-state index contributed by atoms with van der Waals surface area (Å²) < 4.78 is 0. The molecule has 0 aliphatic heterocycles. The second-order valence-electron chi connectivity index (χ2n) is 4.60. The van der Waals surface area contributed by atoms with Gasteiger partial charge in [0.15, 0.2) is 0 Å². The second kappa shape index (κ2) is 5.05. The van der Waals surface area contributed by atoms with Crippen molar-refractivity contribution in [2.75, 3.05) is 0 Å². The highest BCUT2D eigenvalue weighted by molar-refractivity contribution is 8.00. The van der Waals surface area contributed by atoms with Gasteiger partial charge in [0.25, 0.3) is 0 Å². The van der Waals surface area contributed by atoms with Gasteiger partial charge in [-0.25, -0.2) is 0 Å². The van der Waals surface area contributed by atoms with Crippen molar-refractivity contribution < 1.29 is 4.79 Å². The van der Waals surface area contributed by atoms with Gasteiger partial charge in [-0.3, -0.25) is 4.79 Å². The molecule has 0 N–H and O–H groups in total. The summed E-state index contributed by atoms with van der Waals surface area (Å²) in [4.78, 5) is 12.5. The number of benzene rings is 1. The SMILES string of the molecule is Cc1ccc(SC2CCC(=O)CC2)cc1C. The lowest BCUT2D eigenvalue weighted by atomic mass is 9.99. The summed E-state index contributed by atoms with van der Waals surface area (Å²) in [6, 6.07) is 6.64. The molecule has 2 heteroatoms. The molecule has 0 aromatic heterocycles. The lowest BCUT2D eigenvalue weighted by Gasteiger charge is -2.20. The van der Waals surface area contributed by atoms with E-state index in [0.717, 1.165) is 25.7 Å². The predicted octanol–water partition coefficient (Wildman–Crippen LogP) is 3.91. The standard InChI is InChI=1S/C14H18OS/c1-10-3-6-14(9-11(10)2)16-13-7-4-12(15)5-8-13/h3,6,9,13H,4-5,7-8H2,1-2H3. The summed E-state index contributed by atoms with van der Waals surface area (Å²) >= 11 is 1.94. The Labute approximate surface area is 102 Å². The van der Waals surface area contributed by atoms with Gasteiger partial charge >= 0.3 is 0 Å². The third-order valence-corrected chi connectivity index (χ3v) is 4.60. The Balaban J connectivity index is 1.98. The van der Waals surface area contributed by atoms with E-state index in [-0.39, 0.29) is 0 Å². The average Bonchev–Trinajstić information content (AvgIpc) is 2.27. The number of aryl methyl sites for hydroxylation is 2. The van der Waals surface area contributed by atoms with E-state index in [0.29, 0.717) is 11.0 Å². The third kappa shape index (κ3) is 2.88. The number of hydrogen-bond acceptors (Lipinski definition) is 2. The molecule has 0 bridgehead atoms. The van der Waals surface area contributed by atoms with Crippen LogP contribution in [0.3, 0.4) is 0 Å². The monoisotopic (exact) mass is 234 g/mol. The molecule has 0 radical (unpaired) electrons. The summed E-state index contributed by atoms with van der Waals surface area (Å²) in [6.07, 6.45) is 3.66. The van der Waals surface area contributed by atoms with E-state index >= 15 is 0 Å². The molecular formula is C14H18OS. The van der Waals surface area contributed by atoms with Gasteiger partial charge in [0, 0.05) is 23.0 Å². The predicted molar refractivity (Wildman–Crippen MR) is 69.0 cm³/mol. The fourth-order valence-electron chi connectivity index (χ4n) is 2.01. The topological polar surface area (TPSA) is 17.1 Å². The fraction of sp³-hybridized carbons (Fsp3) is 0.500. The molecule has 0 atom stereocenters. The molecule has 16 heavy (non-hydrogen) atoms. The number of Topliss-reactive ketones (excluding diaryl/α,β-unsaturated/α-hetero) is 1. The van der Waals surface area contributed by atoms with Crippen LogP contribution >= 0.6 is 11.8 Å². The molecule has 0 spiro atoms. The summed E-state index contributed by atoms with van der Waals surface area (Å²) in [6.45, 7) is 4.30. The maximum Gasteiger partial charge on any atom is 0.132 e. The average molecular weight is 234 g/mol. The summed E-state index contributed by atoms with van der Waals surface area (Å²) in [7, 11) is 0. The quantitative estimate of drug-likeness (QED) is 0.772. The van der Waals surface area contributed by atoms with E-state index in [4.69, 9.17) is 0 Å².